The number of rotatable bonds is 3. The molecule has 20 heavy (non-hydrogen) atoms. The smallest absolute Gasteiger partial charge is 0.292 e. The molecule has 0 radical (unpaired) electrons. The molecule has 1 aromatic carbocycles. The van der Waals surface area contributed by atoms with E-state index in [-0.39, 0.29) is 23.2 Å². The fourth-order valence-electron chi connectivity index (χ4n) is 2.42. The van der Waals surface area contributed by atoms with Gasteiger partial charge in [0.05, 0.1) is 4.92 Å². The van der Waals surface area contributed by atoms with E-state index in [2.05, 4.69) is 0 Å². The number of sulfonamides is 1. The van der Waals surface area contributed by atoms with Crippen molar-refractivity contribution in [2.24, 2.45) is 5.73 Å². The third-order valence-corrected chi connectivity index (χ3v) is 5.54. The molecule has 1 saturated heterocycles. The Morgan fingerprint density at radius 2 is 1.95 bits per heavy atom. The van der Waals surface area contributed by atoms with Crippen LogP contribution < -0.4 is 5.73 Å². The van der Waals surface area contributed by atoms with Gasteiger partial charge in [0.15, 0.2) is 4.90 Å². The standard InChI is InChI=1S/C12H17N3O4S/c1-8-3-4-9(2)12(11(8)15(16)17)20(18,19)14-6-5-10(13)7-14/h3-4,10H,5-7,13H2,1-2H3/t10-/m1/s1. The van der Waals surface area contributed by atoms with Crippen molar-refractivity contribution in [1.29, 1.82) is 0 Å². The SMILES string of the molecule is Cc1ccc(C)c(S(=O)(=O)N2CC[C@@H](N)C2)c1[N+](=O)[O-]. The van der Waals surface area contributed by atoms with Gasteiger partial charge in [0.1, 0.15) is 0 Å². The first kappa shape index (κ1) is 14.9. The lowest BCUT2D eigenvalue weighted by Gasteiger charge is -2.18. The maximum Gasteiger partial charge on any atom is 0.292 e. The summed E-state index contributed by atoms with van der Waals surface area (Å²) in [7, 11) is -3.89. The summed E-state index contributed by atoms with van der Waals surface area (Å²) in [5.74, 6) is 0. The van der Waals surface area contributed by atoms with Crippen LogP contribution in [0.3, 0.4) is 0 Å². The molecule has 0 spiro atoms. The minimum atomic E-state index is -3.89. The molecule has 1 fully saturated rings. The lowest BCUT2D eigenvalue weighted by atomic mass is 10.1. The summed E-state index contributed by atoms with van der Waals surface area (Å²) in [5, 5.41) is 11.2. The average Bonchev–Trinajstić information content (AvgIpc) is 2.78. The minimum Gasteiger partial charge on any atom is -0.326 e. The van der Waals surface area contributed by atoms with E-state index in [1.54, 1.807) is 19.1 Å². The first-order valence-corrected chi connectivity index (χ1v) is 7.69. The predicted octanol–water partition coefficient (Wildman–Crippen LogP) is 0.933. The third kappa shape index (κ3) is 2.41. The highest BCUT2D eigenvalue weighted by molar-refractivity contribution is 7.89. The van der Waals surface area contributed by atoms with Crippen LogP contribution in [0.25, 0.3) is 0 Å². The van der Waals surface area contributed by atoms with Crippen LogP contribution in [0.4, 0.5) is 5.69 Å². The molecule has 0 bridgehead atoms. The number of nitro groups is 1. The fraction of sp³-hybridized carbons (Fsp3) is 0.500. The van der Waals surface area contributed by atoms with E-state index < -0.39 is 14.9 Å². The van der Waals surface area contributed by atoms with Crippen LogP contribution in [0.2, 0.25) is 0 Å². The first-order chi connectivity index (χ1) is 9.25. The lowest BCUT2D eigenvalue weighted by molar-refractivity contribution is -0.388. The van der Waals surface area contributed by atoms with Gasteiger partial charge in [-0.2, -0.15) is 4.31 Å². The van der Waals surface area contributed by atoms with Gasteiger partial charge in [0.25, 0.3) is 5.69 Å². The number of benzene rings is 1. The molecule has 1 aromatic rings. The van der Waals surface area contributed by atoms with Crippen LogP contribution in [-0.4, -0.2) is 36.8 Å². The van der Waals surface area contributed by atoms with Gasteiger partial charge in [0.2, 0.25) is 10.0 Å². The van der Waals surface area contributed by atoms with Crippen LogP contribution in [0.5, 0.6) is 0 Å². The minimum absolute atomic E-state index is 0.201. The second kappa shape index (κ2) is 5.12. The van der Waals surface area contributed by atoms with Crippen molar-refractivity contribution in [2.45, 2.75) is 31.2 Å². The van der Waals surface area contributed by atoms with Gasteiger partial charge in [-0.25, -0.2) is 8.42 Å². The van der Waals surface area contributed by atoms with Gasteiger partial charge in [-0.05, 0) is 25.8 Å². The summed E-state index contributed by atoms with van der Waals surface area (Å²) < 4.78 is 26.5. The normalized spacial score (nSPS) is 20.2. The van der Waals surface area contributed by atoms with E-state index in [9.17, 15) is 18.5 Å². The van der Waals surface area contributed by atoms with Crippen molar-refractivity contribution in [2.75, 3.05) is 13.1 Å². The Bertz CT molecular complexity index is 657. The summed E-state index contributed by atoms with van der Waals surface area (Å²) in [6.07, 6.45) is 0.567. The number of nitro benzene ring substituents is 1. The van der Waals surface area contributed by atoms with E-state index in [0.717, 1.165) is 0 Å². The second-order valence-electron chi connectivity index (χ2n) is 5.05. The summed E-state index contributed by atoms with van der Waals surface area (Å²) >= 11 is 0. The van der Waals surface area contributed by atoms with Crippen molar-refractivity contribution in [1.82, 2.24) is 4.31 Å². The number of nitrogens with zero attached hydrogens (tertiary/aromatic N) is 2. The maximum atomic E-state index is 12.6. The molecule has 0 amide bonds. The van der Waals surface area contributed by atoms with Crippen molar-refractivity contribution >= 4 is 15.7 Å². The Kier molecular flexibility index (Phi) is 3.81. The fourth-order valence-corrected chi connectivity index (χ4v) is 4.37. The Morgan fingerprint density at radius 3 is 2.45 bits per heavy atom. The van der Waals surface area contributed by atoms with Crippen LogP contribution in [0.1, 0.15) is 17.5 Å². The van der Waals surface area contributed by atoms with Gasteiger partial charge in [-0.15, -0.1) is 0 Å². The summed E-state index contributed by atoms with van der Waals surface area (Å²) in [4.78, 5) is 10.4. The molecule has 0 unspecified atom stereocenters. The van der Waals surface area contributed by atoms with E-state index >= 15 is 0 Å². The quantitative estimate of drug-likeness (QED) is 0.660. The number of hydrogen-bond acceptors (Lipinski definition) is 5. The van der Waals surface area contributed by atoms with Gasteiger partial charge in [0, 0.05) is 24.7 Å². The van der Waals surface area contributed by atoms with E-state index in [1.165, 1.54) is 11.2 Å². The molecule has 2 rings (SSSR count). The van der Waals surface area contributed by atoms with E-state index in [0.29, 0.717) is 24.1 Å². The lowest BCUT2D eigenvalue weighted by Crippen LogP contribution is -2.32. The zero-order chi connectivity index (χ0) is 15.1. The highest BCUT2D eigenvalue weighted by atomic mass is 32.2. The van der Waals surface area contributed by atoms with Crippen molar-refractivity contribution in [3.63, 3.8) is 0 Å². The molecular formula is C12H17N3O4S. The molecule has 1 aliphatic rings. The van der Waals surface area contributed by atoms with Crippen LogP contribution in [-0.2, 0) is 10.0 Å². The molecule has 0 aromatic heterocycles. The van der Waals surface area contributed by atoms with Gasteiger partial charge >= 0.3 is 0 Å². The predicted molar refractivity (Wildman–Crippen MR) is 73.9 cm³/mol. The van der Waals surface area contributed by atoms with E-state index in [1.807, 2.05) is 0 Å². The number of aryl methyl sites for hydroxylation is 2. The van der Waals surface area contributed by atoms with Crippen molar-refractivity contribution in [3.05, 3.63) is 33.4 Å². The van der Waals surface area contributed by atoms with Crippen LogP contribution in [0.15, 0.2) is 17.0 Å². The van der Waals surface area contributed by atoms with Gasteiger partial charge in [-0.3, -0.25) is 10.1 Å². The van der Waals surface area contributed by atoms with Gasteiger partial charge in [-0.1, -0.05) is 12.1 Å². The molecule has 1 heterocycles. The highest BCUT2D eigenvalue weighted by Crippen LogP contribution is 2.33. The number of hydrogen-bond donors (Lipinski definition) is 1. The Morgan fingerprint density at radius 1 is 1.35 bits per heavy atom. The molecule has 1 atom stereocenters. The molecule has 1 aliphatic heterocycles. The molecule has 110 valence electrons. The van der Waals surface area contributed by atoms with Crippen LogP contribution >= 0.6 is 0 Å². The van der Waals surface area contributed by atoms with Crippen molar-refractivity contribution in [3.8, 4) is 0 Å². The Labute approximate surface area is 117 Å². The van der Waals surface area contributed by atoms with Crippen molar-refractivity contribution < 1.29 is 13.3 Å². The van der Waals surface area contributed by atoms with E-state index in [4.69, 9.17) is 5.73 Å². The Balaban J connectivity index is 2.63. The molecule has 8 heteroatoms. The van der Waals surface area contributed by atoms with Gasteiger partial charge < -0.3 is 5.73 Å². The molecule has 2 N–H and O–H groups in total. The Hall–Kier alpha value is -1.51. The van der Waals surface area contributed by atoms with Crippen LogP contribution in [0, 0.1) is 24.0 Å². The average molecular weight is 299 g/mol. The first-order valence-electron chi connectivity index (χ1n) is 6.25. The summed E-state index contributed by atoms with van der Waals surface area (Å²) in [6.45, 7) is 3.60. The molecule has 0 aliphatic carbocycles. The zero-order valence-electron chi connectivity index (χ0n) is 11.4. The molecule has 0 saturated carbocycles. The largest absolute Gasteiger partial charge is 0.326 e. The number of nitrogens with two attached hydrogens (primary N) is 1. The monoisotopic (exact) mass is 299 g/mol. The molecular weight excluding hydrogens is 282 g/mol. The summed E-state index contributed by atoms with van der Waals surface area (Å²) in [6, 6.07) is 2.93. The molecule has 7 nitrogen and oxygen atoms in total. The summed E-state index contributed by atoms with van der Waals surface area (Å²) in [5.41, 5.74) is 6.10. The second-order valence-corrected chi connectivity index (χ2v) is 6.92. The topological polar surface area (TPSA) is 107 Å². The zero-order valence-corrected chi connectivity index (χ0v) is 12.2. The third-order valence-electron chi connectivity index (χ3n) is 3.50. The highest BCUT2D eigenvalue weighted by Gasteiger charge is 2.37. The maximum absolute atomic E-state index is 12.6.